The van der Waals surface area contributed by atoms with E-state index in [1.54, 1.807) is 0 Å². The second kappa shape index (κ2) is 4.18. The van der Waals surface area contributed by atoms with Gasteiger partial charge in [-0.3, -0.25) is 0 Å². The zero-order valence-corrected chi connectivity index (χ0v) is 6.32. The highest BCUT2D eigenvalue weighted by Gasteiger charge is 1.86. The van der Waals surface area contributed by atoms with E-state index in [4.69, 9.17) is 4.11 Å². The fourth-order valence-corrected chi connectivity index (χ4v) is 1.12. The Balaban J connectivity index is 2.49. The Hall–Kier alpha value is -0.690. The number of hydrogen-bond donors (Lipinski definition) is 0. The molecule has 0 radical (unpaired) electrons. The summed E-state index contributed by atoms with van der Waals surface area (Å²) >= 11 is 1.21. The summed E-state index contributed by atoms with van der Waals surface area (Å²) in [5, 5.41) is 0.0175. The van der Waals surface area contributed by atoms with E-state index in [1.165, 1.54) is 11.8 Å². The highest BCUT2D eigenvalue weighted by atomic mass is 32.2. The van der Waals surface area contributed by atoms with Crippen LogP contribution in [0.2, 0.25) is 0 Å². The molecule has 0 fully saturated rings. The van der Waals surface area contributed by atoms with E-state index in [1.807, 2.05) is 30.3 Å². The summed E-state index contributed by atoms with van der Waals surface area (Å²) in [5.74, 6) is 0.654. The molecule has 0 saturated heterocycles. The van der Waals surface area contributed by atoms with E-state index in [0.717, 1.165) is 5.56 Å². The molecule has 0 spiro atoms. The standard InChI is InChI=1S/C9H10S/c1-2-10-8-9-6-4-3-5-7-9/h2-7H,1,8H2/i1D2,2D. The molecule has 10 heavy (non-hydrogen) atoms. The molecule has 0 heterocycles. The van der Waals surface area contributed by atoms with Gasteiger partial charge in [0.05, 0.1) is 4.11 Å². The minimum absolute atomic E-state index is 0.0175. The van der Waals surface area contributed by atoms with Gasteiger partial charge in [-0.1, -0.05) is 36.9 Å². The molecular weight excluding hydrogens is 140 g/mol. The predicted octanol–water partition coefficient (Wildman–Crippen LogP) is 3.06. The molecule has 0 amide bonds. The van der Waals surface area contributed by atoms with Crippen molar-refractivity contribution in [3.05, 3.63) is 47.8 Å². The van der Waals surface area contributed by atoms with Crippen molar-refractivity contribution in [2.75, 3.05) is 0 Å². The van der Waals surface area contributed by atoms with Crippen LogP contribution < -0.4 is 0 Å². The highest BCUT2D eigenvalue weighted by molar-refractivity contribution is 8.01. The Labute approximate surface area is 70.2 Å². The number of hydrogen-bond acceptors (Lipinski definition) is 1. The molecule has 0 saturated carbocycles. The fraction of sp³-hybridized carbons (Fsp3) is 0.111. The third kappa shape index (κ3) is 2.28. The third-order valence-electron chi connectivity index (χ3n) is 1.15. The molecular formula is C9H10S. The zero-order chi connectivity index (χ0) is 9.68. The van der Waals surface area contributed by atoms with Gasteiger partial charge in [0.15, 0.2) is 0 Å². The van der Waals surface area contributed by atoms with Gasteiger partial charge < -0.3 is 0 Å². The molecule has 0 aliphatic rings. The Morgan fingerprint density at radius 3 is 3.10 bits per heavy atom. The smallest absolute Gasteiger partial charge is 0.0691 e. The molecule has 0 aromatic heterocycles. The molecule has 1 aromatic carbocycles. The first kappa shape index (κ1) is 4.24. The molecule has 1 heteroatoms. The van der Waals surface area contributed by atoms with Crippen LogP contribution in [0.5, 0.6) is 0 Å². The number of thioether (sulfide) groups is 1. The maximum absolute atomic E-state index is 7.24. The van der Waals surface area contributed by atoms with Gasteiger partial charge in [-0.2, -0.15) is 0 Å². The quantitative estimate of drug-likeness (QED) is 0.643. The topological polar surface area (TPSA) is 0 Å². The summed E-state index contributed by atoms with van der Waals surface area (Å²) in [5.41, 5.74) is 1.11. The second-order valence-corrected chi connectivity index (χ2v) is 2.66. The van der Waals surface area contributed by atoms with Gasteiger partial charge in [-0.25, -0.2) is 0 Å². The van der Waals surface area contributed by atoms with E-state index in [2.05, 4.69) is 0 Å². The number of rotatable bonds is 3. The summed E-state index contributed by atoms with van der Waals surface area (Å²) in [6.45, 7) is -0.416. The van der Waals surface area contributed by atoms with Crippen molar-refractivity contribution in [1.29, 1.82) is 0 Å². The lowest BCUT2D eigenvalue weighted by Gasteiger charge is -1.94. The fourth-order valence-electron chi connectivity index (χ4n) is 0.694. The van der Waals surface area contributed by atoms with E-state index in [-0.39, 0.29) is 5.38 Å². The molecule has 52 valence electrons. The SMILES string of the molecule is [2H]C([2H])=C([2H])SCc1ccccc1. The average Bonchev–Trinajstić information content (AvgIpc) is 2.15. The van der Waals surface area contributed by atoms with Crippen LogP contribution in [0.4, 0.5) is 0 Å². The van der Waals surface area contributed by atoms with Crippen LogP contribution >= 0.6 is 11.8 Å². The van der Waals surface area contributed by atoms with Crippen molar-refractivity contribution in [2.24, 2.45) is 0 Å². The summed E-state index contributed by atoms with van der Waals surface area (Å²) in [6.07, 6.45) is 0. The van der Waals surface area contributed by atoms with Crippen LogP contribution in [-0.4, -0.2) is 0 Å². The van der Waals surface area contributed by atoms with Gasteiger partial charge in [0.25, 0.3) is 0 Å². The molecule has 0 aliphatic heterocycles. The van der Waals surface area contributed by atoms with Crippen LogP contribution in [0.25, 0.3) is 0 Å². The zero-order valence-electron chi connectivity index (χ0n) is 8.50. The molecule has 0 bridgehead atoms. The first-order valence-electron chi connectivity index (χ1n) is 4.51. The molecule has 1 rings (SSSR count). The third-order valence-corrected chi connectivity index (χ3v) is 1.78. The van der Waals surface area contributed by atoms with Gasteiger partial charge in [-0.05, 0) is 10.9 Å². The second-order valence-electron chi connectivity index (χ2n) is 1.88. The first-order chi connectivity index (χ1) is 6.20. The molecule has 0 N–H and O–H groups in total. The monoisotopic (exact) mass is 153 g/mol. The Morgan fingerprint density at radius 2 is 2.40 bits per heavy atom. The van der Waals surface area contributed by atoms with Gasteiger partial charge >= 0.3 is 0 Å². The minimum Gasteiger partial charge on any atom is -0.130 e. The van der Waals surface area contributed by atoms with Crippen LogP contribution in [-0.2, 0) is 5.75 Å². The minimum atomic E-state index is -0.416. The molecule has 0 nitrogen and oxygen atoms in total. The van der Waals surface area contributed by atoms with Crippen molar-refractivity contribution in [3.63, 3.8) is 0 Å². The molecule has 0 atom stereocenters. The van der Waals surface area contributed by atoms with Gasteiger partial charge in [0.2, 0.25) is 0 Å². The Morgan fingerprint density at radius 1 is 1.60 bits per heavy atom. The Kier molecular flexibility index (Phi) is 1.77. The van der Waals surface area contributed by atoms with Gasteiger partial charge in [0, 0.05) is 5.75 Å². The van der Waals surface area contributed by atoms with Crippen molar-refractivity contribution in [3.8, 4) is 0 Å². The summed E-state index contributed by atoms with van der Waals surface area (Å²) in [7, 11) is 0. The summed E-state index contributed by atoms with van der Waals surface area (Å²) in [4.78, 5) is 0. The average molecular weight is 153 g/mol. The lowest BCUT2D eigenvalue weighted by atomic mass is 10.2. The van der Waals surface area contributed by atoms with Crippen LogP contribution in [0.1, 0.15) is 9.68 Å². The van der Waals surface area contributed by atoms with Gasteiger partial charge in [0.1, 0.15) is 0 Å². The molecule has 0 unspecified atom stereocenters. The maximum atomic E-state index is 7.24. The van der Waals surface area contributed by atoms with Crippen LogP contribution in [0.15, 0.2) is 42.2 Å². The van der Waals surface area contributed by atoms with Crippen molar-refractivity contribution in [1.82, 2.24) is 0 Å². The number of benzene rings is 1. The van der Waals surface area contributed by atoms with Crippen molar-refractivity contribution < 1.29 is 4.11 Å². The summed E-state index contributed by atoms with van der Waals surface area (Å²) in [6, 6.07) is 9.74. The largest absolute Gasteiger partial charge is 0.130 e. The highest BCUT2D eigenvalue weighted by Crippen LogP contribution is 2.10. The Bertz CT molecular complexity index is 291. The van der Waals surface area contributed by atoms with Gasteiger partial charge in [-0.15, -0.1) is 11.8 Å². The van der Waals surface area contributed by atoms with Crippen LogP contribution in [0, 0.1) is 0 Å². The van der Waals surface area contributed by atoms with E-state index in [0.29, 0.717) is 5.75 Å². The van der Waals surface area contributed by atoms with E-state index >= 15 is 0 Å². The first-order valence-corrected chi connectivity index (χ1v) is 3.99. The summed E-state index contributed by atoms with van der Waals surface area (Å²) < 4.78 is 21.0. The van der Waals surface area contributed by atoms with Crippen molar-refractivity contribution >= 4 is 11.8 Å². The van der Waals surface area contributed by atoms with Crippen molar-refractivity contribution in [2.45, 2.75) is 5.75 Å². The van der Waals surface area contributed by atoms with Crippen LogP contribution in [0.3, 0.4) is 0 Å². The predicted molar refractivity (Wildman–Crippen MR) is 47.9 cm³/mol. The lowest BCUT2D eigenvalue weighted by Crippen LogP contribution is -1.74. The molecule has 0 aliphatic carbocycles. The maximum Gasteiger partial charge on any atom is 0.0691 e. The normalized spacial score (nSPS) is 13.0. The molecule has 1 aromatic rings. The lowest BCUT2D eigenvalue weighted by molar-refractivity contribution is 1.42. The van der Waals surface area contributed by atoms with E-state index in [9.17, 15) is 0 Å². The van der Waals surface area contributed by atoms with E-state index < -0.39 is 6.53 Å².